The Hall–Kier alpha value is -1.20. The third-order valence-corrected chi connectivity index (χ3v) is 5.58. The highest BCUT2D eigenvalue weighted by Crippen LogP contribution is 2.22. The number of hydrogen-bond donors (Lipinski definition) is 1. The number of nitrogens with zero attached hydrogens (tertiary/aromatic N) is 2. The quantitative estimate of drug-likeness (QED) is 0.856. The van der Waals surface area contributed by atoms with Crippen LogP contribution in [-0.2, 0) is 0 Å². The third-order valence-electron chi connectivity index (χ3n) is 4.84. The van der Waals surface area contributed by atoms with E-state index in [0.29, 0.717) is 12.0 Å². The summed E-state index contributed by atoms with van der Waals surface area (Å²) in [6.45, 7) is 6.37. The van der Waals surface area contributed by atoms with Gasteiger partial charge in [-0.3, -0.25) is 0 Å². The Balaban J connectivity index is 1.94. The molecule has 23 heavy (non-hydrogen) atoms. The highest BCUT2D eigenvalue weighted by Gasteiger charge is 2.30. The van der Waals surface area contributed by atoms with Gasteiger partial charge >= 0.3 is 6.03 Å². The van der Waals surface area contributed by atoms with E-state index in [1.165, 1.54) is 4.90 Å². The highest BCUT2D eigenvalue weighted by molar-refractivity contribution is 7.98. The van der Waals surface area contributed by atoms with Crippen LogP contribution in [0.3, 0.4) is 0 Å². The van der Waals surface area contributed by atoms with Gasteiger partial charge in [-0.05, 0) is 56.8 Å². The van der Waals surface area contributed by atoms with Crippen LogP contribution in [0.5, 0.6) is 0 Å². The Morgan fingerprint density at radius 2 is 2.04 bits per heavy atom. The standard InChI is InChI=1S/C18H29N3OS/c1-13-12-20(3)11-10-17(13)21(4)18(22)19-14(2)15-6-8-16(23-5)9-7-15/h6-9,13-14,17H,10-12H2,1-5H3,(H,19,22)/t13-,14-,17-/m0/s1. The summed E-state index contributed by atoms with van der Waals surface area (Å²) in [7, 11) is 4.07. The molecule has 128 valence electrons. The zero-order chi connectivity index (χ0) is 17.0. The molecule has 5 heteroatoms. The molecule has 2 rings (SSSR count). The number of nitrogens with one attached hydrogen (secondary N) is 1. The number of benzene rings is 1. The number of piperidine rings is 1. The first-order valence-corrected chi connectivity index (χ1v) is 9.50. The molecular formula is C18H29N3OS. The van der Waals surface area contributed by atoms with E-state index >= 15 is 0 Å². The summed E-state index contributed by atoms with van der Waals surface area (Å²) in [4.78, 5) is 18.0. The minimum Gasteiger partial charge on any atom is -0.331 e. The van der Waals surface area contributed by atoms with Gasteiger partial charge in [-0.1, -0.05) is 19.1 Å². The lowest BCUT2D eigenvalue weighted by molar-refractivity contribution is 0.106. The smallest absolute Gasteiger partial charge is 0.317 e. The van der Waals surface area contributed by atoms with Gasteiger partial charge in [0.15, 0.2) is 0 Å². The van der Waals surface area contributed by atoms with Crippen LogP contribution in [0.2, 0.25) is 0 Å². The predicted molar refractivity (Wildman–Crippen MR) is 98.0 cm³/mol. The van der Waals surface area contributed by atoms with Crippen molar-refractivity contribution in [1.29, 1.82) is 0 Å². The largest absolute Gasteiger partial charge is 0.331 e. The molecule has 3 atom stereocenters. The fourth-order valence-corrected chi connectivity index (χ4v) is 3.74. The number of rotatable bonds is 4. The second kappa shape index (κ2) is 8.06. The molecule has 1 aromatic carbocycles. The van der Waals surface area contributed by atoms with E-state index < -0.39 is 0 Å². The van der Waals surface area contributed by atoms with Gasteiger partial charge in [0.25, 0.3) is 0 Å². The van der Waals surface area contributed by atoms with Crippen molar-refractivity contribution in [1.82, 2.24) is 15.1 Å². The molecule has 0 aromatic heterocycles. The average Bonchev–Trinajstić information content (AvgIpc) is 2.54. The van der Waals surface area contributed by atoms with Crippen molar-refractivity contribution in [2.75, 3.05) is 33.4 Å². The molecule has 0 aliphatic carbocycles. The van der Waals surface area contributed by atoms with E-state index in [0.717, 1.165) is 25.1 Å². The van der Waals surface area contributed by atoms with E-state index in [1.807, 2.05) is 18.9 Å². The van der Waals surface area contributed by atoms with E-state index in [4.69, 9.17) is 0 Å². The number of likely N-dealkylation sites (tertiary alicyclic amines) is 1. The van der Waals surface area contributed by atoms with Crippen LogP contribution in [0.15, 0.2) is 29.2 Å². The van der Waals surface area contributed by atoms with Gasteiger partial charge < -0.3 is 15.1 Å². The van der Waals surface area contributed by atoms with Crippen molar-refractivity contribution in [3.05, 3.63) is 29.8 Å². The minimum absolute atomic E-state index is 0.0161. The molecular weight excluding hydrogens is 306 g/mol. The van der Waals surface area contributed by atoms with Crippen LogP contribution in [0.1, 0.15) is 31.9 Å². The Morgan fingerprint density at radius 1 is 1.39 bits per heavy atom. The molecule has 1 N–H and O–H groups in total. The van der Waals surface area contributed by atoms with Crippen molar-refractivity contribution in [3.63, 3.8) is 0 Å². The van der Waals surface area contributed by atoms with E-state index in [1.54, 1.807) is 11.8 Å². The first kappa shape index (κ1) is 18.1. The number of thioether (sulfide) groups is 1. The van der Waals surface area contributed by atoms with Gasteiger partial charge in [0, 0.05) is 24.5 Å². The van der Waals surface area contributed by atoms with E-state index in [9.17, 15) is 4.79 Å². The maximum Gasteiger partial charge on any atom is 0.317 e. The molecule has 2 amide bonds. The molecule has 0 saturated carbocycles. The van der Waals surface area contributed by atoms with Crippen LogP contribution in [0.25, 0.3) is 0 Å². The number of carbonyl (C=O) groups excluding carboxylic acids is 1. The Bertz CT molecular complexity index is 520. The van der Waals surface area contributed by atoms with Crippen LogP contribution in [0, 0.1) is 5.92 Å². The zero-order valence-electron chi connectivity index (χ0n) is 14.9. The molecule has 1 heterocycles. The Kier molecular flexibility index (Phi) is 6.36. The Morgan fingerprint density at radius 3 is 2.61 bits per heavy atom. The van der Waals surface area contributed by atoms with Crippen LogP contribution >= 0.6 is 11.8 Å². The average molecular weight is 336 g/mol. The fraction of sp³-hybridized carbons (Fsp3) is 0.611. The van der Waals surface area contributed by atoms with E-state index in [-0.39, 0.29) is 12.1 Å². The first-order chi connectivity index (χ1) is 10.9. The molecule has 1 aromatic rings. The van der Waals surface area contributed by atoms with Crippen molar-refractivity contribution in [2.24, 2.45) is 5.92 Å². The van der Waals surface area contributed by atoms with Gasteiger partial charge in [0.1, 0.15) is 0 Å². The molecule has 0 radical (unpaired) electrons. The number of urea groups is 1. The summed E-state index contributed by atoms with van der Waals surface area (Å²) in [5, 5.41) is 3.13. The van der Waals surface area contributed by atoms with Crippen LogP contribution < -0.4 is 5.32 Å². The second-order valence-corrected chi connectivity index (χ2v) is 7.53. The van der Waals surface area contributed by atoms with Gasteiger partial charge in [-0.15, -0.1) is 11.8 Å². The first-order valence-electron chi connectivity index (χ1n) is 8.28. The normalized spacial score (nSPS) is 23.3. The molecule has 0 bridgehead atoms. The lowest BCUT2D eigenvalue weighted by Gasteiger charge is -2.40. The summed E-state index contributed by atoms with van der Waals surface area (Å²) in [6.07, 6.45) is 3.11. The number of amides is 2. The van der Waals surface area contributed by atoms with Crippen molar-refractivity contribution >= 4 is 17.8 Å². The maximum absolute atomic E-state index is 12.6. The van der Waals surface area contributed by atoms with Crippen molar-refractivity contribution in [2.45, 2.75) is 37.2 Å². The number of hydrogen-bond acceptors (Lipinski definition) is 3. The predicted octanol–water partition coefficient (Wildman–Crippen LogP) is 3.45. The lowest BCUT2D eigenvalue weighted by atomic mass is 9.93. The molecule has 1 fully saturated rings. The van der Waals surface area contributed by atoms with Crippen molar-refractivity contribution in [3.8, 4) is 0 Å². The highest BCUT2D eigenvalue weighted by atomic mass is 32.2. The van der Waals surface area contributed by atoms with Crippen LogP contribution in [0.4, 0.5) is 4.79 Å². The van der Waals surface area contributed by atoms with Crippen molar-refractivity contribution < 1.29 is 4.79 Å². The summed E-state index contributed by atoms with van der Waals surface area (Å²) >= 11 is 1.73. The zero-order valence-corrected chi connectivity index (χ0v) is 15.7. The monoisotopic (exact) mass is 335 g/mol. The third kappa shape index (κ3) is 4.64. The van der Waals surface area contributed by atoms with Gasteiger partial charge in [-0.2, -0.15) is 0 Å². The summed E-state index contributed by atoms with van der Waals surface area (Å²) in [5.41, 5.74) is 1.14. The molecule has 1 saturated heterocycles. The molecule has 1 aliphatic rings. The van der Waals surface area contributed by atoms with Gasteiger partial charge in [0.2, 0.25) is 0 Å². The minimum atomic E-state index is 0.0161. The summed E-state index contributed by atoms with van der Waals surface area (Å²) in [6, 6.07) is 8.74. The van der Waals surface area contributed by atoms with E-state index in [2.05, 4.69) is 54.7 Å². The van der Waals surface area contributed by atoms with Gasteiger partial charge in [-0.25, -0.2) is 4.79 Å². The van der Waals surface area contributed by atoms with Gasteiger partial charge in [0.05, 0.1) is 6.04 Å². The maximum atomic E-state index is 12.6. The molecule has 1 aliphatic heterocycles. The number of carbonyl (C=O) groups is 1. The Labute approximate surface area is 144 Å². The lowest BCUT2D eigenvalue weighted by Crippen LogP contribution is -2.52. The fourth-order valence-electron chi connectivity index (χ4n) is 3.33. The summed E-state index contributed by atoms with van der Waals surface area (Å²) in [5.74, 6) is 0.501. The second-order valence-electron chi connectivity index (χ2n) is 6.65. The molecule has 4 nitrogen and oxygen atoms in total. The molecule has 0 unspecified atom stereocenters. The SMILES string of the molecule is CSc1ccc([C@H](C)NC(=O)N(C)[C@H]2CCN(C)C[C@@H]2C)cc1. The summed E-state index contributed by atoms with van der Waals surface area (Å²) < 4.78 is 0. The topological polar surface area (TPSA) is 35.6 Å². The molecule has 0 spiro atoms. The van der Waals surface area contributed by atoms with Crippen LogP contribution in [-0.4, -0.2) is 55.3 Å².